The topological polar surface area (TPSA) is 63.3 Å². The van der Waals surface area contributed by atoms with Crippen LogP contribution in [0.25, 0.3) is 0 Å². The van der Waals surface area contributed by atoms with E-state index in [9.17, 15) is 4.79 Å². The van der Waals surface area contributed by atoms with E-state index in [1.165, 1.54) is 0 Å². The molecule has 0 unspecified atom stereocenters. The zero-order valence-corrected chi connectivity index (χ0v) is 5.18. The van der Waals surface area contributed by atoms with Gasteiger partial charge in [-0.3, -0.25) is 4.79 Å². The third-order valence-corrected chi connectivity index (χ3v) is 1.18. The molecule has 0 spiro atoms. The van der Waals surface area contributed by atoms with Gasteiger partial charge < -0.3 is 10.8 Å². The molecule has 0 bridgehead atoms. The molecule has 0 fully saturated rings. The molecule has 42 valence electrons. The Hall–Kier alpha value is -0.0900. The number of hydrogen-bond donors (Lipinski definition) is 2. The number of carboxylic acids is 1. The largest absolute Gasteiger partial charge is 0.480 e. The summed E-state index contributed by atoms with van der Waals surface area (Å²) >= 11 is 2.91. The Labute approximate surface area is 49.6 Å². The summed E-state index contributed by atoms with van der Waals surface area (Å²) in [5.41, 5.74) is 4.97. The lowest BCUT2D eigenvalue weighted by Gasteiger charge is -1.95. The monoisotopic (exact) mass is 167 g/mol. The number of rotatable bonds is 2. The van der Waals surface area contributed by atoms with E-state index in [0.717, 1.165) is 0 Å². The minimum Gasteiger partial charge on any atom is -0.480 e. The second kappa shape index (κ2) is 2.98. The average molecular weight is 168 g/mol. The number of carboxylic acid groups (broad SMARTS) is 1. The van der Waals surface area contributed by atoms with Gasteiger partial charge in [-0.1, -0.05) is 15.9 Å². The number of carbonyl (C=O) groups is 1. The lowest BCUT2D eigenvalue weighted by atomic mass is 10.4. The van der Waals surface area contributed by atoms with E-state index >= 15 is 0 Å². The first-order valence-electron chi connectivity index (χ1n) is 1.73. The van der Waals surface area contributed by atoms with Crippen molar-refractivity contribution in [1.82, 2.24) is 0 Å². The maximum Gasteiger partial charge on any atom is 0.321 e. The molecule has 3 N–H and O–H groups in total. The number of hydrogen-bond acceptors (Lipinski definition) is 2. The van der Waals surface area contributed by atoms with Crippen molar-refractivity contribution in [3.05, 3.63) is 0 Å². The highest BCUT2D eigenvalue weighted by Gasteiger charge is 2.06. The normalized spacial score (nSPS) is 13.4. The highest BCUT2D eigenvalue weighted by molar-refractivity contribution is 9.09. The van der Waals surface area contributed by atoms with Crippen molar-refractivity contribution in [2.45, 2.75) is 6.04 Å². The first kappa shape index (κ1) is 6.91. The van der Waals surface area contributed by atoms with Crippen molar-refractivity contribution in [3.8, 4) is 0 Å². The second-order valence-electron chi connectivity index (χ2n) is 1.10. The van der Waals surface area contributed by atoms with Gasteiger partial charge in [-0.15, -0.1) is 0 Å². The maximum absolute atomic E-state index is 9.78. The SMILES string of the molecule is N[C@H](CBr)C(=O)O. The van der Waals surface area contributed by atoms with E-state index in [-0.39, 0.29) is 0 Å². The third kappa shape index (κ3) is 2.59. The molecule has 0 aliphatic rings. The van der Waals surface area contributed by atoms with Gasteiger partial charge in [0.1, 0.15) is 6.04 Å². The fourth-order valence-corrected chi connectivity index (χ4v) is 0.343. The molecule has 0 aromatic rings. The summed E-state index contributed by atoms with van der Waals surface area (Å²) in [6.45, 7) is 0. The zero-order chi connectivity index (χ0) is 5.86. The molecule has 0 aromatic carbocycles. The second-order valence-corrected chi connectivity index (χ2v) is 1.75. The Kier molecular flexibility index (Phi) is 2.95. The molecule has 3 nitrogen and oxygen atoms in total. The Bertz CT molecular complexity index is 75.3. The van der Waals surface area contributed by atoms with E-state index in [2.05, 4.69) is 15.9 Å². The van der Waals surface area contributed by atoms with E-state index in [1.807, 2.05) is 0 Å². The fourth-order valence-electron chi connectivity index (χ4n) is 0.0660. The summed E-state index contributed by atoms with van der Waals surface area (Å²) in [5, 5.41) is 8.33. The smallest absolute Gasteiger partial charge is 0.321 e. The van der Waals surface area contributed by atoms with Crippen molar-refractivity contribution >= 4 is 21.9 Å². The molecular formula is C3H6BrNO2. The van der Waals surface area contributed by atoms with Crippen molar-refractivity contribution in [1.29, 1.82) is 0 Å². The number of nitrogens with two attached hydrogens (primary N) is 1. The first-order valence-corrected chi connectivity index (χ1v) is 2.85. The highest BCUT2D eigenvalue weighted by Crippen LogP contribution is 1.84. The molecule has 0 saturated heterocycles. The molecular weight excluding hydrogens is 162 g/mol. The van der Waals surface area contributed by atoms with Gasteiger partial charge >= 0.3 is 5.97 Å². The Morgan fingerprint density at radius 2 is 2.43 bits per heavy atom. The van der Waals surface area contributed by atoms with Crippen molar-refractivity contribution in [3.63, 3.8) is 0 Å². The van der Waals surface area contributed by atoms with Gasteiger partial charge in [0.15, 0.2) is 0 Å². The van der Waals surface area contributed by atoms with Gasteiger partial charge in [0.2, 0.25) is 0 Å². The van der Waals surface area contributed by atoms with Crippen LogP contribution >= 0.6 is 15.9 Å². The minimum absolute atomic E-state index is 0.308. The van der Waals surface area contributed by atoms with Crippen LogP contribution in [0.5, 0.6) is 0 Å². The summed E-state index contributed by atoms with van der Waals surface area (Å²) in [7, 11) is 0. The molecule has 0 aliphatic carbocycles. The van der Waals surface area contributed by atoms with E-state index in [1.54, 1.807) is 0 Å². The van der Waals surface area contributed by atoms with Crippen LogP contribution < -0.4 is 5.73 Å². The van der Waals surface area contributed by atoms with Crippen LogP contribution in [0.15, 0.2) is 0 Å². The first-order chi connectivity index (χ1) is 3.18. The van der Waals surface area contributed by atoms with Crippen LogP contribution in [0.1, 0.15) is 0 Å². The summed E-state index contributed by atoms with van der Waals surface area (Å²) < 4.78 is 0. The van der Waals surface area contributed by atoms with Crippen LogP contribution in [-0.4, -0.2) is 22.4 Å². The Balaban J connectivity index is 3.34. The predicted octanol–water partition coefficient (Wildman–Crippen LogP) is -0.207. The number of aliphatic carboxylic acids is 1. The van der Waals surface area contributed by atoms with E-state index in [4.69, 9.17) is 10.8 Å². The van der Waals surface area contributed by atoms with Gasteiger partial charge in [0.25, 0.3) is 0 Å². The molecule has 0 amide bonds. The molecule has 4 heteroatoms. The molecule has 0 saturated carbocycles. The van der Waals surface area contributed by atoms with Gasteiger partial charge in [-0.25, -0.2) is 0 Å². The number of halogens is 1. The van der Waals surface area contributed by atoms with Crippen molar-refractivity contribution < 1.29 is 9.90 Å². The zero-order valence-electron chi connectivity index (χ0n) is 3.60. The third-order valence-electron chi connectivity index (χ3n) is 0.483. The van der Waals surface area contributed by atoms with Crippen LogP contribution in [0, 0.1) is 0 Å². The van der Waals surface area contributed by atoms with Crippen molar-refractivity contribution in [2.75, 3.05) is 5.33 Å². The van der Waals surface area contributed by atoms with Crippen molar-refractivity contribution in [2.24, 2.45) is 5.73 Å². The molecule has 0 aromatic heterocycles. The molecule has 1 atom stereocenters. The highest BCUT2D eigenvalue weighted by atomic mass is 79.9. The number of alkyl halides is 1. The lowest BCUT2D eigenvalue weighted by Crippen LogP contribution is -2.31. The van der Waals surface area contributed by atoms with Gasteiger partial charge in [0.05, 0.1) is 0 Å². The van der Waals surface area contributed by atoms with E-state index in [0.29, 0.717) is 5.33 Å². The molecule has 0 aliphatic heterocycles. The van der Waals surface area contributed by atoms with Crippen LogP contribution in [0.4, 0.5) is 0 Å². The average Bonchev–Trinajstić information content (AvgIpc) is 1.65. The molecule has 0 radical (unpaired) electrons. The van der Waals surface area contributed by atoms with Crippen LogP contribution in [0.2, 0.25) is 0 Å². The summed E-state index contributed by atoms with van der Waals surface area (Å²) in [6.07, 6.45) is 0. The van der Waals surface area contributed by atoms with Gasteiger partial charge in [-0.2, -0.15) is 0 Å². The standard InChI is InChI=1S/C3H6BrNO2/c4-1-2(5)3(6)7/h2H,1,5H2,(H,6,7)/t2-/m1/s1. The molecule has 7 heavy (non-hydrogen) atoms. The summed E-state index contributed by atoms with van der Waals surface area (Å²) in [4.78, 5) is 9.78. The lowest BCUT2D eigenvalue weighted by molar-refractivity contribution is -0.137. The predicted molar refractivity (Wildman–Crippen MR) is 29.4 cm³/mol. The minimum atomic E-state index is -0.975. The van der Waals surface area contributed by atoms with Crippen LogP contribution in [-0.2, 0) is 4.79 Å². The van der Waals surface area contributed by atoms with Gasteiger partial charge in [-0.05, 0) is 0 Å². The quantitative estimate of drug-likeness (QED) is 0.561. The van der Waals surface area contributed by atoms with Crippen LogP contribution in [0.3, 0.4) is 0 Å². The Morgan fingerprint density at radius 3 is 2.43 bits per heavy atom. The van der Waals surface area contributed by atoms with E-state index < -0.39 is 12.0 Å². The molecule has 0 heterocycles. The summed E-state index contributed by atoms with van der Waals surface area (Å²) in [6, 6.07) is -0.764. The maximum atomic E-state index is 9.78. The molecule has 0 rings (SSSR count). The summed E-state index contributed by atoms with van der Waals surface area (Å²) in [5.74, 6) is -0.975. The van der Waals surface area contributed by atoms with Gasteiger partial charge in [0, 0.05) is 5.33 Å². The Morgan fingerprint density at radius 1 is 2.00 bits per heavy atom. The fraction of sp³-hybridized carbons (Fsp3) is 0.667.